The van der Waals surface area contributed by atoms with Crippen LogP contribution in [0, 0.1) is 18.3 Å². The van der Waals surface area contributed by atoms with Crippen molar-refractivity contribution in [2.45, 2.75) is 31.5 Å². The molecule has 2 amide bonds. The first kappa shape index (κ1) is 29.0. The quantitative estimate of drug-likeness (QED) is 0.234. The highest BCUT2D eigenvalue weighted by molar-refractivity contribution is 6.30. The van der Waals surface area contributed by atoms with E-state index in [0.717, 1.165) is 17.7 Å². The summed E-state index contributed by atoms with van der Waals surface area (Å²) in [5, 5.41) is 31.2. The third-order valence-corrected chi connectivity index (χ3v) is 7.64. The van der Waals surface area contributed by atoms with Crippen LogP contribution < -0.4 is 15.5 Å². The Hall–Kier alpha value is -4.53. The van der Waals surface area contributed by atoms with E-state index in [2.05, 4.69) is 21.8 Å². The van der Waals surface area contributed by atoms with Gasteiger partial charge in [-0.2, -0.15) is 23.5 Å². The Morgan fingerprint density at radius 3 is 2.33 bits per heavy atom. The number of nitrogens with zero attached hydrogens (tertiary/aromatic N) is 4. The summed E-state index contributed by atoms with van der Waals surface area (Å²) in [5.74, 6) is 0. The molecule has 4 aromatic rings. The fourth-order valence-electron chi connectivity index (χ4n) is 5.01. The highest BCUT2D eigenvalue weighted by Crippen LogP contribution is 2.36. The molecule has 1 saturated heterocycles. The van der Waals surface area contributed by atoms with Crippen molar-refractivity contribution < 1.29 is 23.1 Å². The van der Waals surface area contributed by atoms with E-state index in [0.29, 0.717) is 65.0 Å². The maximum atomic E-state index is 12.9. The molecule has 1 aromatic heterocycles. The van der Waals surface area contributed by atoms with Crippen molar-refractivity contribution in [2.75, 3.05) is 28.6 Å². The number of carbonyl (C=O) groups excluding carboxylic acids is 1. The Balaban J connectivity index is 1.23. The number of alkyl halides is 3. The second-order valence-electron chi connectivity index (χ2n) is 10.0. The molecule has 0 saturated carbocycles. The van der Waals surface area contributed by atoms with E-state index in [9.17, 15) is 28.3 Å². The van der Waals surface area contributed by atoms with E-state index in [1.54, 1.807) is 37.3 Å². The zero-order valence-electron chi connectivity index (χ0n) is 22.4. The lowest BCUT2D eigenvalue weighted by Gasteiger charge is -2.40. The monoisotopic (exact) mass is 594 g/mol. The average Bonchev–Trinajstić information content (AvgIpc) is 3.32. The second kappa shape index (κ2) is 11.4. The van der Waals surface area contributed by atoms with Crippen LogP contribution in [0.1, 0.15) is 35.2 Å². The van der Waals surface area contributed by atoms with Gasteiger partial charge in [-0.25, -0.2) is 9.48 Å². The van der Waals surface area contributed by atoms with E-state index < -0.39 is 23.4 Å². The Morgan fingerprint density at radius 1 is 1.05 bits per heavy atom. The first-order valence-electron chi connectivity index (χ1n) is 13.0. The van der Waals surface area contributed by atoms with Crippen LogP contribution in [0.3, 0.4) is 0 Å². The first-order valence-corrected chi connectivity index (χ1v) is 13.4. The number of nitriles is 1. The maximum absolute atomic E-state index is 12.9. The third-order valence-electron chi connectivity index (χ3n) is 7.38. The van der Waals surface area contributed by atoms with Gasteiger partial charge in [0.1, 0.15) is 6.07 Å². The van der Waals surface area contributed by atoms with Crippen LogP contribution in [0.15, 0.2) is 72.9 Å². The third kappa shape index (κ3) is 6.05. The van der Waals surface area contributed by atoms with Crippen LogP contribution in [0.2, 0.25) is 5.02 Å². The molecule has 0 radical (unpaired) electrons. The molecule has 5 rings (SSSR count). The molecule has 1 fully saturated rings. The van der Waals surface area contributed by atoms with E-state index >= 15 is 0 Å². The number of aromatic nitrogens is 2. The number of benzene rings is 3. The fourth-order valence-corrected chi connectivity index (χ4v) is 5.14. The number of hydrogen-bond donors (Lipinski definition) is 3. The summed E-state index contributed by atoms with van der Waals surface area (Å²) in [7, 11) is 0. The van der Waals surface area contributed by atoms with Crippen molar-refractivity contribution in [3.8, 4) is 11.8 Å². The number of aliphatic hydroxyl groups is 1. The summed E-state index contributed by atoms with van der Waals surface area (Å²) in [5.41, 5.74) is 1.82. The number of halogens is 4. The Bertz CT molecular complexity index is 1640. The molecule has 2 heterocycles. The van der Waals surface area contributed by atoms with E-state index in [1.165, 1.54) is 23.0 Å². The largest absolute Gasteiger partial charge is 0.416 e. The van der Waals surface area contributed by atoms with Gasteiger partial charge in [-0.05, 0) is 79.9 Å². The highest BCUT2D eigenvalue weighted by atomic mass is 35.5. The average molecular weight is 595 g/mol. The number of hydrogen-bond acceptors (Lipinski definition) is 5. The number of amides is 2. The zero-order chi connectivity index (χ0) is 30.1. The Labute approximate surface area is 244 Å². The molecular formula is C30H26ClF3N6O2. The van der Waals surface area contributed by atoms with Crippen LogP contribution >= 0.6 is 11.6 Å². The van der Waals surface area contributed by atoms with E-state index in [4.69, 9.17) is 11.6 Å². The summed E-state index contributed by atoms with van der Waals surface area (Å²) < 4.78 is 40.1. The van der Waals surface area contributed by atoms with Crippen LogP contribution in [0.4, 0.5) is 35.0 Å². The number of urea groups is 1. The van der Waals surface area contributed by atoms with Crippen molar-refractivity contribution in [1.29, 1.82) is 5.26 Å². The lowest BCUT2D eigenvalue weighted by atomic mass is 9.84. The van der Waals surface area contributed by atoms with Gasteiger partial charge >= 0.3 is 12.2 Å². The molecule has 0 atom stereocenters. The van der Waals surface area contributed by atoms with Crippen LogP contribution in [-0.2, 0) is 11.8 Å². The minimum Gasteiger partial charge on any atom is -0.385 e. The van der Waals surface area contributed by atoms with Crippen molar-refractivity contribution in [2.24, 2.45) is 0 Å². The second-order valence-corrected chi connectivity index (χ2v) is 10.5. The molecule has 0 unspecified atom stereocenters. The molecule has 3 aromatic carbocycles. The molecular weight excluding hydrogens is 569 g/mol. The van der Waals surface area contributed by atoms with Gasteiger partial charge < -0.3 is 20.6 Å². The fraction of sp³-hybridized carbons (Fsp3) is 0.233. The molecule has 0 bridgehead atoms. The predicted octanol–water partition coefficient (Wildman–Crippen LogP) is 6.86. The minimum absolute atomic E-state index is 0.367. The number of anilines is 3. The molecule has 216 valence electrons. The summed E-state index contributed by atoms with van der Waals surface area (Å²) in [4.78, 5) is 14.8. The van der Waals surface area contributed by atoms with Crippen LogP contribution in [0.5, 0.6) is 0 Å². The standard InChI is InChI=1S/C30H26ClF3N6O2/c1-19-26(18-36-40(19)25-9-4-22(5-10-25)30(32,33)34)38-28(41)37-24-8-11-27(20(16-24)17-35)39-14-12-29(42,13-15-39)21-2-6-23(31)7-3-21/h2-11,16,18,42H,12-15H2,1H3,(H2,37,38,41). The topological polar surface area (TPSA) is 106 Å². The Kier molecular flexibility index (Phi) is 7.86. The SMILES string of the molecule is Cc1c(NC(=O)Nc2ccc(N3CCC(O)(c4ccc(Cl)cc4)CC3)c(C#N)c2)cnn1-c1ccc(C(F)(F)F)cc1. The van der Waals surface area contributed by atoms with Gasteiger partial charge in [0.15, 0.2) is 0 Å². The lowest BCUT2D eigenvalue weighted by molar-refractivity contribution is -0.137. The first-order chi connectivity index (χ1) is 20.0. The number of rotatable bonds is 5. The van der Waals surface area contributed by atoms with E-state index in [1.807, 2.05) is 17.0 Å². The normalized spacial score (nSPS) is 14.7. The van der Waals surface area contributed by atoms with Crippen molar-refractivity contribution in [3.05, 3.63) is 100 Å². The molecule has 3 N–H and O–H groups in total. The molecule has 1 aliphatic rings. The van der Waals surface area contributed by atoms with Crippen LogP contribution in [0.25, 0.3) is 5.69 Å². The smallest absolute Gasteiger partial charge is 0.385 e. The maximum Gasteiger partial charge on any atom is 0.416 e. The molecule has 42 heavy (non-hydrogen) atoms. The lowest BCUT2D eigenvalue weighted by Crippen LogP contribution is -2.42. The predicted molar refractivity (Wildman–Crippen MR) is 154 cm³/mol. The molecule has 8 nitrogen and oxygen atoms in total. The van der Waals surface area contributed by atoms with Crippen molar-refractivity contribution in [3.63, 3.8) is 0 Å². The summed E-state index contributed by atoms with van der Waals surface area (Å²) >= 11 is 5.98. The molecule has 12 heteroatoms. The van der Waals surface area contributed by atoms with Gasteiger partial charge in [-0.15, -0.1) is 0 Å². The number of piperidine rings is 1. The summed E-state index contributed by atoms with van der Waals surface area (Å²) in [6, 6.07) is 18.3. The molecule has 0 aliphatic carbocycles. The van der Waals surface area contributed by atoms with Gasteiger partial charge in [-0.3, -0.25) is 0 Å². The highest BCUT2D eigenvalue weighted by Gasteiger charge is 2.34. The number of carbonyl (C=O) groups is 1. The van der Waals surface area contributed by atoms with Gasteiger partial charge in [-0.1, -0.05) is 23.7 Å². The summed E-state index contributed by atoms with van der Waals surface area (Å²) in [6.07, 6.45) is -2.09. The van der Waals surface area contributed by atoms with Crippen LogP contribution in [-0.4, -0.2) is 34.0 Å². The van der Waals surface area contributed by atoms with Crippen molar-refractivity contribution >= 4 is 34.7 Å². The van der Waals surface area contributed by atoms with Crippen molar-refractivity contribution in [1.82, 2.24) is 9.78 Å². The van der Waals surface area contributed by atoms with Gasteiger partial charge in [0.05, 0.1) is 45.7 Å². The summed E-state index contributed by atoms with van der Waals surface area (Å²) in [6.45, 7) is 2.74. The van der Waals surface area contributed by atoms with E-state index in [-0.39, 0.29) is 0 Å². The molecule has 0 spiro atoms. The number of nitrogens with one attached hydrogen (secondary N) is 2. The minimum atomic E-state index is -4.44. The van der Waals surface area contributed by atoms with Gasteiger partial charge in [0, 0.05) is 23.8 Å². The molecule has 1 aliphatic heterocycles. The zero-order valence-corrected chi connectivity index (χ0v) is 23.2. The van der Waals surface area contributed by atoms with Gasteiger partial charge in [0.2, 0.25) is 0 Å². The Morgan fingerprint density at radius 2 is 1.71 bits per heavy atom. The van der Waals surface area contributed by atoms with Gasteiger partial charge in [0.25, 0.3) is 0 Å².